The van der Waals surface area contributed by atoms with Gasteiger partial charge in [-0.3, -0.25) is 23.2 Å². The first-order valence-electron chi connectivity index (χ1n) is 22.9. The lowest BCUT2D eigenvalue weighted by atomic mass is 9.85. The van der Waals surface area contributed by atoms with Crippen molar-refractivity contribution < 1.29 is 82.0 Å². The number of phosphoric ester groups is 2. The number of carbonyl (C=O) groups excluding carboxylic acids is 2. The van der Waals surface area contributed by atoms with E-state index in [1.165, 1.54) is 44.9 Å². The predicted octanol–water partition coefficient (Wildman–Crippen LogP) is 7.25. The number of aliphatic hydroxyl groups is 5. The molecule has 0 saturated heterocycles. The van der Waals surface area contributed by atoms with Crippen molar-refractivity contribution in [1.29, 1.82) is 0 Å². The lowest BCUT2D eigenvalue weighted by molar-refractivity contribution is -0.216. The molecule has 6 unspecified atom stereocenters. The molecule has 9 atom stereocenters. The highest BCUT2D eigenvalue weighted by molar-refractivity contribution is 7.47. The predicted molar refractivity (Wildman–Crippen MR) is 242 cm³/mol. The number of esters is 2. The number of ether oxygens (including phenoxy) is 2. The van der Waals surface area contributed by atoms with Gasteiger partial charge in [-0.2, -0.15) is 0 Å². The average Bonchev–Trinajstić information content (AvgIpc) is 3.24. The number of unbranched alkanes of at least 4 members (excludes halogenated alkanes) is 13. The van der Waals surface area contributed by atoms with E-state index in [-0.39, 0.29) is 12.8 Å². The molecule has 8 N–H and O–H groups in total. The third-order valence-electron chi connectivity index (χ3n) is 10.1. The molecule has 0 aromatic heterocycles. The molecule has 0 amide bonds. The van der Waals surface area contributed by atoms with E-state index in [0.717, 1.165) is 51.4 Å². The van der Waals surface area contributed by atoms with Crippen molar-refractivity contribution in [2.24, 2.45) is 0 Å². The number of aliphatic hydroxyl groups excluding tert-OH is 5. The summed E-state index contributed by atoms with van der Waals surface area (Å²) >= 11 is 0. The first-order valence-corrected chi connectivity index (χ1v) is 26.0. The van der Waals surface area contributed by atoms with Gasteiger partial charge in [-0.1, -0.05) is 126 Å². The molecule has 0 heterocycles. The van der Waals surface area contributed by atoms with Gasteiger partial charge >= 0.3 is 27.6 Å². The molecular weight excluding hydrogens is 874 g/mol. The third-order valence-corrected chi connectivity index (χ3v) is 11.6. The van der Waals surface area contributed by atoms with Crippen molar-refractivity contribution in [3.05, 3.63) is 60.8 Å². The second-order valence-corrected chi connectivity index (χ2v) is 18.6. The number of hydrogen-bond donors (Lipinski definition) is 8. The van der Waals surface area contributed by atoms with Gasteiger partial charge in [0.25, 0.3) is 0 Å². The number of hydrogen-bond acceptors (Lipinski definition) is 14. The molecule has 19 heteroatoms. The Bertz CT molecular complexity index is 1490. The summed E-state index contributed by atoms with van der Waals surface area (Å²) in [5, 5.41) is 51.3. The van der Waals surface area contributed by atoms with Gasteiger partial charge < -0.3 is 49.7 Å². The molecule has 0 aromatic carbocycles. The monoisotopic (exact) mass is 952 g/mol. The van der Waals surface area contributed by atoms with Gasteiger partial charge in [0.15, 0.2) is 6.10 Å². The van der Waals surface area contributed by atoms with Gasteiger partial charge in [0, 0.05) is 12.8 Å². The first-order chi connectivity index (χ1) is 30.5. The van der Waals surface area contributed by atoms with Crippen LogP contribution in [-0.4, -0.2) is 114 Å². The van der Waals surface area contributed by atoms with Gasteiger partial charge in [-0.25, -0.2) is 9.13 Å². The summed E-state index contributed by atoms with van der Waals surface area (Å²) in [6.45, 7) is 2.91. The van der Waals surface area contributed by atoms with Gasteiger partial charge in [0.1, 0.15) is 43.2 Å². The molecule has 1 aliphatic carbocycles. The zero-order chi connectivity index (χ0) is 47.6. The largest absolute Gasteiger partial charge is 0.472 e. The summed E-state index contributed by atoms with van der Waals surface area (Å²) in [6.07, 6.45) is 22.1. The lowest BCUT2D eigenvalue weighted by Gasteiger charge is -2.43. The highest BCUT2D eigenvalue weighted by atomic mass is 31.2. The summed E-state index contributed by atoms with van der Waals surface area (Å²) in [7, 11) is -10.7. The van der Waals surface area contributed by atoms with Gasteiger partial charge in [-0.05, 0) is 70.6 Å². The molecule has 1 saturated carbocycles. The Morgan fingerprint density at radius 2 is 1.11 bits per heavy atom. The summed E-state index contributed by atoms with van der Waals surface area (Å²) in [6, 6.07) is 0. The Kier molecular flexibility index (Phi) is 33.4. The average molecular weight is 953 g/mol. The molecule has 17 nitrogen and oxygen atoms in total. The van der Waals surface area contributed by atoms with Crippen molar-refractivity contribution in [2.75, 3.05) is 13.2 Å². The fourth-order valence-corrected chi connectivity index (χ4v) is 8.04. The second kappa shape index (κ2) is 35.8. The van der Waals surface area contributed by atoms with Crippen LogP contribution in [0.1, 0.15) is 149 Å². The van der Waals surface area contributed by atoms with Gasteiger partial charge in [0.05, 0.1) is 12.7 Å². The second-order valence-electron chi connectivity index (χ2n) is 16.0. The molecule has 0 spiro atoms. The minimum atomic E-state index is -5.38. The minimum absolute atomic E-state index is 0.0790. The molecule has 1 aliphatic rings. The van der Waals surface area contributed by atoms with E-state index < -0.39 is 89.6 Å². The highest BCUT2D eigenvalue weighted by Gasteiger charge is 2.54. The van der Waals surface area contributed by atoms with E-state index in [9.17, 15) is 49.1 Å². The Balaban J connectivity index is 2.71. The Morgan fingerprint density at radius 3 is 1.77 bits per heavy atom. The van der Waals surface area contributed by atoms with Gasteiger partial charge in [-0.15, -0.1) is 0 Å². The zero-order valence-electron chi connectivity index (χ0n) is 37.8. The van der Waals surface area contributed by atoms with E-state index in [1.807, 2.05) is 12.2 Å². The fourth-order valence-electron chi connectivity index (χ4n) is 6.50. The van der Waals surface area contributed by atoms with Crippen molar-refractivity contribution in [1.82, 2.24) is 0 Å². The molecule has 0 aromatic rings. The standard InChI is InChI=1S/C45H78O17P2/c1-3-5-7-9-11-13-14-15-16-18-20-24-28-32-38(47)58-34-37(35-59-64(56,57)62-45-42(51)40(49)41(50)44(43(45)52)61-63(53,54)55)60-39(48)33-29-25-21-23-27-31-36(46)30-26-22-19-17-12-10-8-6-4-2/h12-14,17,21-23,26-27,31,36-37,40-46,49-52H,3-11,15-16,18-20,24-25,28-30,32-35H2,1-2H3,(H,56,57)(H2,53,54,55)/b14-13-,17-12-,23-21+,26-22-,31-27-/t36?,37-,40?,41?,42?,43?,44-,45+/m1/s1. The molecular formula is C45H78O17P2. The topological polar surface area (TPSA) is 276 Å². The number of carbonyl (C=O) groups is 2. The Morgan fingerprint density at radius 1 is 0.578 bits per heavy atom. The van der Waals surface area contributed by atoms with Crippen LogP contribution < -0.4 is 0 Å². The first kappa shape index (κ1) is 59.7. The maximum absolute atomic E-state index is 13.0. The SMILES string of the molecule is CCCCC/C=C\C/C=C\CC(O)/C=C\C=C\CCCC(=O)O[C@H](COC(=O)CCCCCCC/C=C\CCCCCC)COP(=O)(O)O[C@H]1C(O)C(O)C(O)[C@@H](OP(=O)(O)O)C1O. The number of rotatable bonds is 37. The molecule has 1 fully saturated rings. The van der Waals surface area contributed by atoms with Gasteiger partial charge in [0.2, 0.25) is 0 Å². The van der Waals surface area contributed by atoms with E-state index in [0.29, 0.717) is 25.7 Å². The molecule has 0 aliphatic heterocycles. The van der Waals surface area contributed by atoms with E-state index in [4.69, 9.17) is 28.3 Å². The molecule has 1 rings (SSSR count). The fraction of sp³-hybridized carbons (Fsp3) is 0.733. The van der Waals surface area contributed by atoms with Crippen molar-refractivity contribution in [2.45, 2.75) is 198 Å². The molecule has 64 heavy (non-hydrogen) atoms. The summed E-state index contributed by atoms with van der Waals surface area (Å²) in [5.41, 5.74) is 0. The zero-order valence-corrected chi connectivity index (χ0v) is 39.6. The van der Waals surface area contributed by atoms with Crippen LogP contribution >= 0.6 is 15.6 Å². The van der Waals surface area contributed by atoms with Crippen LogP contribution in [-0.2, 0) is 41.8 Å². The van der Waals surface area contributed by atoms with Crippen LogP contribution in [0.4, 0.5) is 0 Å². The van der Waals surface area contributed by atoms with Crippen LogP contribution in [0.5, 0.6) is 0 Å². The Hall–Kier alpha value is -2.34. The maximum atomic E-state index is 13.0. The molecule has 370 valence electrons. The minimum Gasteiger partial charge on any atom is -0.462 e. The smallest absolute Gasteiger partial charge is 0.462 e. The van der Waals surface area contributed by atoms with Crippen molar-refractivity contribution in [3.8, 4) is 0 Å². The number of allylic oxidation sites excluding steroid dienone is 8. The maximum Gasteiger partial charge on any atom is 0.472 e. The lowest BCUT2D eigenvalue weighted by Crippen LogP contribution is -2.64. The van der Waals surface area contributed by atoms with E-state index >= 15 is 0 Å². The summed E-state index contributed by atoms with van der Waals surface area (Å²) < 4.78 is 49.2. The molecule has 0 bridgehead atoms. The van der Waals surface area contributed by atoms with Crippen LogP contribution in [0, 0.1) is 0 Å². The van der Waals surface area contributed by atoms with E-state index in [1.54, 1.807) is 24.3 Å². The van der Waals surface area contributed by atoms with Crippen LogP contribution in [0.2, 0.25) is 0 Å². The van der Waals surface area contributed by atoms with Crippen molar-refractivity contribution in [3.63, 3.8) is 0 Å². The Labute approximate surface area is 380 Å². The van der Waals surface area contributed by atoms with Crippen LogP contribution in [0.25, 0.3) is 0 Å². The summed E-state index contributed by atoms with van der Waals surface area (Å²) in [5.74, 6) is -1.35. The third kappa shape index (κ3) is 30.0. The van der Waals surface area contributed by atoms with Crippen LogP contribution in [0.3, 0.4) is 0 Å². The normalized spacial score (nSPS) is 22.8. The quantitative estimate of drug-likeness (QED) is 0.0100. The van der Waals surface area contributed by atoms with E-state index in [2.05, 4.69) is 42.7 Å². The number of phosphoric acid groups is 2. The van der Waals surface area contributed by atoms with Crippen molar-refractivity contribution >= 4 is 27.6 Å². The van der Waals surface area contributed by atoms with Crippen LogP contribution in [0.15, 0.2) is 60.8 Å². The summed E-state index contributed by atoms with van der Waals surface area (Å²) in [4.78, 5) is 54.2. The highest BCUT2D eigenvalue weighted by Crippen LogP contribution is 2.49. The molecule has 0 radical (unpaired) electrons.